The fourth-order valence-electron chi connectivity index (χ4n) is 9.09. The number of rotatable bonds is 68. The molecule has 3 N–H and O–H groups in total. The minimum Gasteiger partial charge on any atom is -0.462 e. The van der Waals surface area contributed by atoms with E-state index < -0.39 is 97.5 Å². The summed E-state index contributed by atoms with van der Waals surface area (Å²) in [5.74, 6) is -2.43. The van der Waals surface area contributed by atoms with Gasteiger partial charge < -0.3 is 33.8 Å². The summed E-state index contributed by atoms with van der Waals surface area (Å²) in [5, 5.41) is 10.6. The van der Waals surface area contributed by atoms with Crippen molar-refractivity contribution >= 4 is 39.5 Å². The maximum Gasteiger partial charge on any atom is 0.472 e. The number of phosphoric acid groups is 2. The maximum atomic E-state index is 13.1. The first-order valence-electron chi connectivity index (χ1n) is 37.4. The number of phosphoric ester groups is 2. The summed E-state index contributed by atoms with van der Waals surface area (Å²) in [6, 6.07) is 0. The molecule has 0 heterocycles. The molecule has 0 rings (SSSR count). The van der Waals surface area contributed by atoms with Crippen molar-refractivity contribution < 1.29 is 80.2 Å². The third-order valence-electron chi connectivity index (χ3n) is 14.7. The second kappa shape index (κ2) is 71.8. The van der Waals surface area contributed by atoms with Gasteiger partial charge in [-0.3, -0.25) is 37.3 Å². The smallest absolute Gasteiger partial charge is 0.462 e. The maximum absolute atomic E-state index is 13.1. The van der Waals surface area contributed by atoms with Crippen molar-refractivity contribution in [2.45, 2.75) is 277 Å². The monoisotopic (exact) mass is 1440 g/mol. The molecule has 0 aliphatic rings. The molecule has 19 heteroatoms. The van der Waals surface area contributed by atoms with Gasteiger partial charge in [-0.25, -0.2) is 9.13 Å². The molecule has 0 saturated heterocycles. The van der Waals surface area contributed by atoms with E-state index in [0.717, 1.165) is 167 Å². The van der Waals surface area contributed by atoms with Gasteiger partial charge in [0.15, 0.2) is 12.2 Å². The molecule has 0 aliphatic carbocycles. The van der Waals surface area contributed by atoms with Gasteiger partial charge in [0.25, 0.3) is 0 Å². The van der Waals surface area contributed by atoms with E-state index in [1.807, 2.05) is 30.4 Å². The van der Waals surface area contributed by atoms with Crippen LogP contribution in [0.5, 0.6) is 0 Å². The van der Waals surface area contributed by atoms with Crippen LogP contribution in [0.4, 0.5) is 0 Å². The van der Waals surface area contributed by atoms with Crippen molar-refractivity contribution in [1.82, 2.24) is 0 Å². The third kappa shape index (κ3) is 70.8. The summed E-state index contributed by atoms with van der Waals surface area (Å²) in [6.07, 6.45) is 83.9. The average molecular weight is 1440 g/mol. The zero-order chi connectivity index (χ0) is 73.2. The third-order valence-corrected chi connectivity index (χ3v) is 16.6. The van der Waals surface area contributed by atoms with Crippen molar-refractivity contribution in [1.29, 1.82) is 0 Å². The van der Waals surface area contributed by atoms with Crippen LogP contribution in [0.2, 0.25) is 0 Å². The Bertz CT molecular complexity index is 2570. The van der Waals surface area contributed by atoms with Crippen LogP contribution in [0.15, 0.2) is 170 Å². The summed E-state index contributed by atoms with van der Waals surface area (Å²) in [4.78, 5) is 72.7. The SMILES string of the molecule is CC/C=C\C/C=C\C/C=C\C/C=C\C/C=C\CCCC(=O)OCC(COP(=O)(O)OCC(O)COP(=O)(O)OCC(COC(=O)C/C=C\C/C=C\C/C=C\C/C=C\C/C=C\CC)OC(=O)CCCCCCC/C=C\CCCC)OC(=O)CCCCCCCCC/C=C\C/C=C\C/C=C\CC. The first-order valence-corrected chi connectivity index (χ1v) is 40.4. The molecule has 17 nitrogen and oxygen atoms in total. The van der Waals surface area contributed by atoms with Crippen molar-refractivity contribution in [3.63, 3.8) is 0 Å². The van der Waals surface area contributed by atoms with Crippen molar-refractivity contribution in [3.8, 4) is 0 Å². The van der Waals surface area contributed by atoms with Crippen LogP contribution >= 0.6 is 15.6 Å². The topological polar surface area (TPSA) is 237 Å². The van der Waals surface area contributed by atoms with E-state index >= 15 is 0 Å². The van der Waals surface area contributed by atoms with Gasteiger partial charge in [0.05, 0.1) is 32.8 Å². The first-order chi connectivity index (χ1) is 48.7. The molecule has 5 atom stereocenters. The number of hydrogen-bond donors (Lipinski definition) is 3. The Hall–Kier alpha value is -5.58. The number of aliphatic hydroxyl groups is 1. The molecule has 0 aromatic carbocycles. The Morgan fingerprint density at radius 1 is 0.300 bits per heavy atom. The molecule has 566 valence electrons. The molecule has 0 amide bonds. The molecule has 0 aromatic rings. The number of hydrogen-bond acceptors (Lipinski definition) is 15. The van der Waals surface area contributed by atoms with Crippen LogP contribution in [0.1, 0.15) is 259 Å². The van der Waals surface area contributed by atoms with Gasteiger partial charge in [-0.2, -0.15) is 0 Å². The lowest BCUT2D eigenvalue weighted by atomic mass is 10.1. The van der Waals surface area contributed by atoms with Crippen LogP contribution in [-0.2, 0) is 65.4 Å². The van der Waals surface area contributed by atoms with E-state index in [2.05, 4.69) is 161 Å². The van der Waals surface area contributed by atoms with Crippen LogP contribution in [0, 0.1) is 0 Å². The molecular weight excluding hydrogens is 1310 g/mol. The van der Waals surface area contributed by atoms with E-state index in [-0.39, 0.29) is 25.7 Å². The number of carbonyl (C=O) groups excluding carboxylic acids is 4. The Labute approximate surface area is 603 Å². The van der Waals surface area contributed by atoms with Gasteiger partial charge in [0.2, 0.25) is 0 Å². The molecule has 100 heavy (non-hydrogen) atoms. The Balaban J connectivity index is 5.48. The van der Waals surface area contributed by atoms with Gasteiger partial charge in [-0.15, -0.1) is 0 Å². The molecule has 0 saturated carbocycles. The standard InChI is InChI=1S/C81H130O17P2/c1-5-9-13-17-21-25-29-32-35-37-40-43-47-50-54-58-62-66-79(84)92-72-77(98-81(86)68-64-60-56-52-48-44-41-38-36-33-30-26-22-18-14-10-6-2)74-96-100(89,90)94-70-75(82)69-93-99(87,88)95-73-76(97-80(85)67-63-59-55-51-45-28-24-20-16-12-8-4)71-91-78(83)65-61-57-53-49-46-42-39-34-31-27-23-19-15-11-7-3/h9-11,13-15,20-27,32-36,39-40,43,46,49-50,54,57,61,75-77,82H,5-8,12,16-19,28-31,37-38,41-42,44-45,47-48,51-53,55-56,58-60,62-74H2,1-4H3,(H,87,88)(H,89,90)/b13-9-,14-10-,15-11-,24-20-,25-21-,26-22-,27-23-,35-32-,36-33-,39-34-,43-40-,49-46-,54-50-,61-57-. The Morgan fingerprint density at radius 3 is 0.930 bits per heavy atom. The zero-order valence-electron chi connectivity index (χ0n) is 61.5. The fourth-order valence-corrected chi connectivity index (χ4v) is 10.7. The minimum atomic E-state index is -5.00. The number of ether oxygens (including phenoxy) is 4. The molecule has 0 aromatic heterocycles. The summed E-state index contributed by atoms with van der Waals surface area (Å²) >= 11 is 0. The Kier molecular flexibility index (Phi) is 67.8. The van der Waals surface area contributed by atoms with Crippen molar-refractivity contribution in [2.24, 2.45) is 0 Å². The van der Waals surface area contributed by atoms with E-state index in [0.29, 0.717) is 32.1 Å². The molecule has 0 aliphatic heterocycles. The minimum absolute atomic E-state index is 0.0581. The van der Waals surface area contributed by atoms with Crippen molar-refractivity contribution in [3.05, 3.63) is 170 Å². The van der Waals surface area contributed by atoms with Gasteiger partial charge >= 0.3 is 39.5 Å². The predicted octanol–water partition coefficient (Wildman–Crippen LogP) is 21.4. The lowest BCUT2D eigenvalue weighted by Crippen LogP contribution is -2.30. The van der Waals surface area contributed by atoms with Gasteiger partial charge in [0.1, 0.15) is 19.3 Å². The van der Waals surface area contributed by atoms with Crippen LogP contribution < -0.4 is 0 Å². The molecule has 0 radical (unpaired) electrons. The summed E-state index contributed by atoms with van der Waals surface area (Å²) in [6.45, 7) is 4.25. The summed E-state index contributed by atoms with van der Waals surface area (Å²) < 4.78 is 68.2. The van der Waals surface area contributed by atoms with E-state index in [1.54, 1.807) is 6.08 Å². The van der Waals surface area contributed by atoms with Crippen LogP contribution in [-0.4, -0.2) is 96.7 Å². The highest BCUT2D eigenvalue weighted by Gasteiger charge is 2.30. The fraction of sp³-hybridized carbons (Fsp3) is 0.605. The first kappa shape index (κ1) is 94.4. The zero-order valence-corrected chi connectivity index (χ0v) is 63.3. The van der Waals surface area contributed by atoms with Crippen LogP contribution in [0.3, 0.4) is 0 Å². The Morgan fingerprint density at radius 2 is 0.570 bits per heavy atom. The van der Waals surface area contributed by atoms with E-state index in [1.165, 1.54) is 6.42 Å². The molecule has 0 fully saturated rings. The predicted molar refractivity (Wildman–Crippen MR) is 408 cm³/mol. The molecule has 0 bridgehead atoms. The number of allylic oxidation sites excluding steroid dienone is 27. The lowest BCUT2D eigenvalue weighted by Gasteiger charge is -2.21. The highest BCUT2D eigenvalue weighted by atomic mass is 31.2. The second-order valence-corrected chi connectivity index (χ2v) is 27.0. The number of unbranched alkanes of at least 4 members (excludes halogenated alkanes) is 15. The molecule has 0 spiro atoms. The van der Waals surface area contributed by atoms with Gasteiger partial charge in [-0.1, -0.05) is 262 Å². The molecular formula is C81H130O17P2. The largest absolute Gasteiger partial charge is 0.472 e. The number of aliphatic hydroxyl groups excluding tert-OH is 1. The lowest BCUT2D eigenvalue weighted by molar-refractivity contribution is -0.161. The molecule has 5 unspecified atom stereocenters. The van der Waals surface area contributed by atoms with Crippen LogP contribution in [0.25, 0.3) is 0 Å². The van der Waals surface area contributed by atoms with E-state index in [9.17, 15) is 43.2 Å². The highest BCUT2D eigenvalue weighted by Crippen LogP contribution is 2.45. The average Bonchev–Trinajstić information content (AvgIpc) is 1.00. The van der Waals surface area contributed by atoms with Gasteiger partial charge in [-0.05, 0) is 141 Å². The number of carbonyl (C=O) groups is 4. The highest BCUT2D eigenvalue weighted by molar-refractivity contribution is 7.47. The van der Waals surface area contributed by atoms with Gasteiger partial charge in [0, 0.05) is 19.3 Å². The number of esters is 4. The normalized spacial score (nSPS) is 14.9. The second-order valence-electron chi connectivity index (χ2n) is 24.1. The summed E-state index contributed by atoms with van der Waals surface area (Å²) in [5.41, 5.74) is 0. The van der Waals surface area contributed by atoms with Crippen molar-refractivity contribution in [2.75, 3.05) is 39.6 Å². The quantitative estimate of drug-likeness (QED) is 0.0169. The van der Waals surface area contributed by atoms with E-state index in [4.69, 9.17) is 37.0 Å². The summed E-state index contributed by atoms with van der Waals surface area (Å²) in [7, 11) is -10.0.